The Labute approximate surface area is 190 Å². The van der Waals surface area contributed by atoms with Crippen LogP contribution in [-0.4, -0.2) is 48.6 Å². The number of piperidine rings is 1. The molecule has 1 N–H and O–H groups in total. The standard InChI is InChI=1S/C26H34N2O4/c1-19(2)23-11-7-8-12-24(23)32-20(3)26(30)28-16-13-21(14-17-28)27-25(29)15-18-31-22-9-5-4-6-10-22/h4-12,19-21H,13-18H2,1-3H3,(H,27,29). The van der Waals surface area contributed by atoms with Crippen molar-refractivity contribution in [2.75, 3.05) is 19.7 Å². The predicted molar refractivity (Wildman–Crippen MR) is 125 cm³/mol. The van der Waals surface area contributed by atoms with Gasteiger partial charge in [-0.3, -0.25) is 9.59 Å². The average molecular weight is 439 g/mol. The van der Waals surface area contributed by atoms with Crippen LogP contribution in [0.3, 0.4) is 0 Å². The number of carbonyl (C=O) groups excluding carboxylic acids is 2. The summed E-state index contributed by atoms with van der Waals surface area (Å²) in [4.78, 5) is 26.9. The molecule has 0 aromatic heterocycles. The molecule has 1 atom stereocenters. The lowest BCUT2D eigenvalue weighted by Gasteiger charge is -2.34. The molecule has 32 heavy (non-hydrogen) atoms. The number of benzene rings is 2. The zero-order chi connectivity index (χ0) is 22.9. The zero-order valence-electron chi connectivity index (χ0n) is 19.3. The predicted octanol–water partition coefficient (Wildman–Crippen LogP) is 4.15. The first-order valence-electron chi connectivity index (χ1n) is 11.5. The van der Waals surface area contributed by atoms with Crippen LogP contribution in [0.25, 0.3) is 0 Å². The molecule has 6 heteroatoms. The molecule has 3 rings (SSSR count). The van der Waals surface area contributed by atoms with E-state index in [-0.39, 0.29) is 17.9 Å². The highest BCUT2D eigenvalue weighted by atomic mass is 16.5. The van der Waals surface area contributed by atoms with E-state index < -0.39 is 6.10 Å². The van der Waals surface area contributed by atoms with Crippen LogP contribution in [0.4, 0.5) is 0 Å². The Bertz CT molecular complexity index is 876. The van der Waals surface area contributed by atoms with Gasteiger partial charge in [0.25, 0.3) is 5.91 Å². The molecule has 0 aliphatic carbocycles. The number of nitrogens with zero attached hydrogens (tertiary/aromatic N) is 1. The summed E-state index contributed by atoms with van der Waals surface area (Å²) in [5, 5.41) is 3.07. The van der Waals surface area contributed by atoms with Crippen LogP contribution in [0.5, 0.6) is 11.5 Å². The van der Waals surface area contributed by atoms with Crippen molar-refractivity contribution in [3.05, 3.63) is 60.2 Å². The van der Waals surface area contributed by atoms with Gasteiger partial charge in [-0.25, -0.2) is 0 Å². The number of amides is 2. The highest BCUT2D eigenvalue weighted by Crippen LogP contribution is 2.27. The number of hydrogen-bond acceptors (Lipinski definition) is 4. The number of para-hydroxylation sites is 2. The minimum absolute atomic E-state index is 0.00963. The van der Waals surface area contributed by atoms with Gasteiger partial charge in [0.05, 0.1) is 13.0 Å². The summed E-state index contributed by atoms with van der Waals surface area (Å²) >= 11 is 0. The minimum atomic E-state index is -0.545. The highest BCUT2D eigenvalue weighted by molar-refractivity contribution is 5.81. The van der Waals surface area contributed by atoms with Crippen molar-refractivity contribution < 1.29 is 19.1 Å². The zero-order valence-corrected chi connectivity index (χ0v) is 19.3. The lowest BCUT2D eigenvalue weighted by atomic mass is 10.0. The fourth-order valence-corrected chi connectivity index (χ4v) is 3.89. The van der Waals surface area contributed by atoms with E-state index in [2.05, 4.69) is 19.2 Å². The average Bonchev–Trinajstić information content (AvgIpc) is 2.80. The van der Waals surface area contributed by atoms with Gasteiger partial charge in [0.1, 0.15) is 11.5 Å². The molecular weight excluding hydrogens is 404 g/mol. The molecule has 1 saturated heterocycles. The van der Waals surface area contributed by atoms with Gasteiger partial charge >= 0.3 is 0 Å². The van der Waals surface area contributed by atoms with Crippen molar-refractivity contribution in [3.63, 3.8) is 0 Å². The third-order valence-electron chi connectivity index (χ3n) is 5.71. The molecule has 0 radical (unpaired) electrons. The number of hydrogen-bond donors (Lipinski definition) is 1. The SMILES string of the molecule is CC(Oc1ccccc1C(C)C)C(=O)N1CCC(NC(=O)CCOc2ccccc2)CC1. The van der Waals surface area contributed by atoms with E-state index in [1.165, 1.54) is 0 Å². The fourth-order valence-electron chi connectivity index (χ4n) is 3.89. The monoisotopic (exact) mass is 438 g/mol. The third kappa shape index (κ3) is 6.74. The summed E-state index contributed by atoms with van der Waals surface area (Å²) in [6.45, 7) is 7.61. The maximum atomic E-state index is 12.9. The molecule has 172 valence electrons. The largest absolute Gasteiger partial charge is 0.493 e. The van der Waals surface area contributed by atoms with E-state index in [1.807, 2.05) is 59.5 Å². The molecule has 2 aromatic carbocycles. The molecule has 2 amide bonds. The smallest absolute Gasteiger partial charge is 0.263 e. The third-order valence-corrected chi connectivity index (χ3v) is 5.71. The number of ether oxygens (including phenoxy) is 2. The van der Waals surface area contributed by atoms with Crippen LogP contribution in [0.2, 0.25) is 0 Å². The van der Waals surface area contributed by atoms with Gasteiger partial charge in [-0.05, 0) is 49.4 Å². The minimum Gasteiger partial charge on any atom is -0.493 e. The summed E-state index contributed by atoms with van der Waals surface area (Å²) in [6.07, 6.45) is 1.25. The molecule has 0 bridgehead atoms. The second-order valence-corrected chi connectivity index (χ2v) is 8.53. The van der Waals surface area contributed by atoms with Crippen molar-refractivity contribution in [3.8, 4) is 11.5 Å². The maximum Gasteiger partial charge on any atom is 0.263 e. The maximum absolute atomic E-state index is 12.9. The molecule has 1 heterocycles. The van der Waals surface area contributed by atoms with E-state index in [0.29, 0.717) is 32.0 Å². The van der Waals surface area contributed by atoms with Gasteiger partial charge in [-0.15, -0.1) is 0 Å². The van der Waals surface area contributed by atoms with E-state index in [9.17, 15) is 9.59 Å². The molecular formula is C26H34N2O4. The molecule has 6 nitrogen and oxygen atoms in total. The fraction of sp³-hybridized carbons (Fsp3) is 0.462. The van der Waals surface area contributed by atoms with Gasteiger partial charge < -0.3 is 19.7 Å². The topological polar surface area (TPSA) is 67.9 Å². The summed E-state index contributed by atoms with van der Waals surface area (Å²) in [6, 6.07) is 17.4. The highest BCUT2D eigenvalue weighted by Gasteiger charge is 2.28. The van der Waals surface area contributed by atoms with Crippen molar-refractivity contribution >= 4 is 11.8 Å². The Morgan fingerprint density at radius 2 is 1.66 bits per heavy atom. The lowest BCUT2D eigenvalue weighted by Crippen LogP contribution is -2.49. The number of nitrogens with one attached hydrogen (secondary N) is 1. The molecule has 0 spiro atoms. The second kappa shape index (κ2) is 11.6. The van der Waals surface area contributed by atoms with Gasteiger partial charge in [0.2, 0.25) is 5.91 Å². The number of carbonyl (C=O) groups is 2. The molecule has 1 aliphatic heterocycles. The van der Waals surface area contributed by atoms with Crippen LogP contribution in [0, 0.1) is 0 Å². The molecule has 1 fully saturated rings. The molecule has 0 saturated carbocycles. The Balaban J connectivity index is 1.40. The first-order valence-corrected chi connectivity index (χ1v) is 11.5. The van der Waals surface area contributed by atoms with Crippen LogP contribution in [0.15, 0.2) is 54.6 Å². The van der Waals surface area contributed by atoms with Crippen molar-refractivity contribution in [2.24, 2.45) is 0 Å². The first-order chi connectivity index (χ1) is 15.4. The quantitative estimate of drug-likeness (QED) is 0.639. The Morgan fingerprint density at radius 3 is 2.34 bits per heavy atom. The summed E-state index contributed by atoms with van der Waals surface area (Å²) in [5.74, 6) is 1.82. The number of rotatable bonds is 9. The van der Waals surface area contributed by atoms with E-state index in [1.54, 1.807) is 6.92 Å². The summed E-state index contributed by atoms with van der Waals surface area (Å²) in [5.41, 5.74) is 1.10. The lowest BCUT2D eigenvalue weighted by molar-refractivity contribution is -0.139. The van der Waals surface area contributed by atoms with Crippen molar-refractivity contribution in [1.82, 2.24) is 10.2 Å². The van der Waals surface area contributed by atoms with Crippen LogP contribution in [-0.2, 0) is 9.59 Å². The molecule has 1 unspecified atom stereocenters. The van der Waals surface area contributed by atoms with Crippen LogP contribution < -0.4 is 14.8 Å². The Morgan fingerprint density at radius 1 is 1.00 bits per heavy atom. The number of likely N-dealkylation sites (tertiary alicyclic amines) is 1. The molecule has 2 aromatic rings. The van der Waals surface area contributed by atoms with E-state index in [0.717, 1.165) is 29.9 Å². The van der Waals surface area contributed by atoms with Gasteiger partial charge in [0.15, 0.2) is 6.10 Å². The van der Waals surface area contributed by atoms with Crippen LogP contribution in [0.1, 0.15) is 51.5 Å². The van der Waals surface area contributed by atoms with Crippen molar-refractivity contribution in [1.29, 1.82) is 0 Å². The Hall–Kier alpha value is -3.02. The Kier molecular flexibility index (Phi) is 8.54. The van der Waals surface area contributed by atoms with Gasteiger partial charge in [0, 0.05) is 19.1 Å². The molecule has 1 aliphatic rings. The second-order valence-electron chi connectivity index (χ2n) is 8.53. The van der Waals surface area contributed by atoms with Crippen molar-refractivity contribution in [2.45, 2.75) is 58.1 Å². The van der Waals surface area contributed by atoms with Crippen LogP contribution >= 0.6 is 0 Å². The van der Waals surface area contributed by atoms with E-state index >= 15 is 0 Å². The summed E-state index contributed by atoms with van der Waals surface area (Å²) < 4.78 is 11.6. The summed E-state index contributed by atoms with van der Waals surface area (Å²) in [7, 11) is 0. The van der Waals surface area contributed by atoms with Gasteiger partial charge in [-0.1, -0.05) is 50.2 Å². The van der Waals surface area contributed by atoms with Gasteiger partial charge in [-0.2, -0.15) is 0 Å². The first kappa shape index (κ1) is 23.6. The normalized spacial score (nSPS) is 15.3. The van der Waals surface area contributed by atoms with E-state index in [4.69, 9.17) is 9.47 Å².